The van der Waals surface area contributed by atoms with Gasteiger partial charge < -0.3 is 14.9 Å². The predicted molar refractivity (Wildman–Crippen MR) is 97.6 cm³/mol. The number of amides is 1. The van der Waals surface area contributed by atoms with Crippen LogP contribution in [0.15, 0.2) is 29.4 Å². The van der Waals surface area contributed by atoms with Gasteiger partial charge >= 0.3 is 0 Å². The highest BCUT2D eigenvalue weighted by Crippen LogP contribution is 2.38. The van der Waals surface area contributed by atoms with Gasteiger partial charge in [-0.2, -0.15) is 0 Å². The minimum absolute atomic E-state index is 0.0400. The molecule has 0 unspecified atom stereocenters. The number of ether oxygens (including phenoxy) is 1. The van der Waals surface area contributed by atoms with Gasteiger partial charge in [0.25, 0.3) is 0 Å². The molecule has 1 N–H and O–H groups in total. The molecule has 2 heterocycles. The average Bonchev–Trinajstić information content (AvgIpc) is 3.09. The zero-order valence-corrected chi connectivity index (χ0v) is 15.2. The fraction of sp³-hybridized carbons (Fsp3) is 0.600. The minimum atomic E-state index is -0.393. The number of carbonyl (C=O) groups excluding carboxylic acids is 1. The van der Waals surface area contributed by atoms with E-state index >= 15 is 0 Å². The molecular weight excluding hydrogens is 316 g/mol. The standard InChI is InChI=1S/C20H28N2O3/c1-3-10-21-19(23)20(8-11-24-12-9-20)14-17-13-18(22-25-17)16-6-4-15(2)5-7-16/h4-7,17H,3,8-14H2,1-2H3,(H,21,23)/t17-/m0/s1. The summed E-state index contributed by atoms with van der Waals surface area (Å²) in [6, 6.07) is 8.34. The van der Waals surface area contributed by atoms with Crippen molar-refractivity contribution in [1.82, 2.24) is 5.32 Å². The van der Waals surface area contributed by atoms with Gasteiger partial charge in [0.1, 0.15) is 6.10 Å². The molecule has 0 bridgehead atoms. The van der Waals surface area contributed by atoms with Crippen molar-refractivity contribution in [2.75, 3.05) is 19.8 Å². The Hall–Kier alpha value is -1.88. The largest absolute Gasteiger partial charge is 0.392 e. The highest BCUT2D eigenvalue weighted by molar-refractivity contribution is 6.01. The Morgan fingerprint density at radius 1 is 1.28 bits per heavy atom. The predicted octanol–water partition coefficient (Wildman–Crippen LogP) is 3.20. The summed E-state index contributed by atoms with van der Waals surface area (Å²) in [7, 11) is 0. The SMILES string of the molecule is CCCNC(=O)C1(C[C@@H]2CC(c3ccc(C)cc3)=NO2)CCOCC1. The normalized spacial score (nSPS) is 22.2. The van der Waals surface area contributed by atoms with Crippen LogP contribution in [0.5, 0.6) is 0 Å². The van der Waals surface area contributed by atoms with Crippen molar-refractivity contribution in [3.63, 3.8) is 0 Å². The Kier molecular flexibility index (Phi) is 5.74. The van der Waals surface area contributed by atoms with Gasteiger partial charge in [-0.1, -0.05) is 41.9 Å². The van der Waals surface area contributed by atoms with Crippen LogP contribution in [0.4, 0.5) is 0 Å². The van der Waals surface area contributed by atoms with Crippen molar-refractivity contribution in [3.05, 3.63) is 35.4 Å². The van der Waals surface area contributed by atoms with Crippen LogP contribution in [0.2, 0.25) is 0 Å². The van der Waals surface area contributed by atoms with E-state index in [4.69, 9.17) is 9.57 Å². The summed E-state index contributed by atoms with van der Waals surface area (Å²) in [5.74, 6) is 0.144. The summed E-state index contributed by atoms with van der Waals surface area (Å²) in [6.45, 7) is 6.13. The summed E-state index contributed by atoms with van der Waals surface area (Å²) in [5, 5.41) is 7.37. The second kappa shape index (κ2) is 8.00. The number of oxime groups is 1. The maximum Gasteiger partial charge on any atom is 0.226 e. The van der Waals surface area contributed by atoms with E-state index in [0.29, 0.717) is 19.6 Å². The first-order chi connectivity index (χ1) is 12.1. The third-order valence-electron chi connectivity index (χ3n) is 5.20. The van der Waals surface area contributed by atoms with Crippen molar-refractivity contribution in [2.24, 2.45) is 10.6 Å². The lowest BCUT2D eigenvalue weighted by atomic mass is 9.74. The molecule has 25 heavy (non-hydrogen) atoms. The molecule has 0 aromatic heterocycles. The van der Waals surface area contributed by atoms with E-state index in [1.807, 2.05) is 0 Å². The molecule has 1 atom stereocenters. The Morgan fingerprint density at radius 2 is 2.00 bits per heavy atom. The van der Waals surface area contributed by atoms with E-state index in [1.165, 1.54) is 5.56 Å². The van der Waals surface area contributed by atoms with Crippen LogP contribution in [0, 0.1) is 12.3 Å². The summed E-state index contributed by atoms with van der Waals surface area (Å²) >= 11 is 0. The highest BCUT2D eigenvalue weighted by atomic mass is 16.6. The van der Waals surface area contributed by atoms with E-state index < -0.39 is 5.41 Å². The zero-order chi connectivity index (χ0) is 17.7. The first-order valence-corrected chi connectivity index (χ1v) is 9.29. The molecule has 1 saturated heterocycles. The molecule has 1 aromatic carbocycles. The molecule has 2 aliphatic rings. The lowest BCUT2D eigenvalue weighted by Gasteiger charge is -2.36. The number of hydrogen-bond acceptors (Lipinski definition) is 4. The van der Waals surface area contributed by atoms with E-state index in [2.05, 4.69) is 48.6 Å². The molecule has 0 spiro atoms. The third kappa shape index (κ3) is 4.21. The third-order valence-corrected chi connectivity index (χ3v) is 5.20. The topological polar surface area (TPSA) is 59.9 Å². The molecule has 3 rings (SSSR count). The maximum absolute atomic E-state index is 12.8. The van der Waals surface area contributed by atoms with Gasteiger partial charge in [-0.05, 0) is 31.7 Å². The number of aryl methyl sites for hydroxylation is 1. The van der Waals surface area contributed by atoms with Gasteiger partial charge in [0.05, 0.1) is 11.1 Å². The fourth-order valence-electron chi connectivity index (χ4n) is 3.60. The van der Waals surface area contributed by atoms with Gasteiger partial charge in [-0.25, -0.2) is 0 Å². The number of carbonyl (C=O) groups is 1. The quantitative estimate of drug-likeness (QED) is 0.862. The van der Waals surface area contributed by atoms with Gasteiger partial charge in [-0.15, -0.1) is 0 Å². The molecule has 0 aliphatic carbocycles. The Bertz CT molecular complexity index is 618. The van der Waals surface area contributed by atoms with Crippen LogP contribution >= 0.6 is 0 Å². The molecule has 1 amide bonds. The summed E-state index contributed by atoms with van der Waals surface area (Å²) < 4.78 is 5.50. The van der Waals surface area contributed by atoms with Crippen LogP contribution in [0.25, 0.3) is 0 Å². The van der Waals surface area contributed by atoms with Crippen molar-refractivity contribution in [3.8, 4) is 0 Å². The minimum Gasteiger partial charge on any atom is -0.392 e. The second-order valence-electron chi connectivity index (χ2n) is 7.19. The van der Waals surface area contributed by atoms with E-state index in [1.54, 1.807) is 0 Å². The first kappa shape index (κ1) is 17.9. The number of hydrogen-bond donors (Lipinski definition) is 1. The summed E-state index contributed by atoms with van der Waals surface area (Å²) in [6.07, 6.45) is 3.86. The molecule has 5 heteroatoms. The van der Waals surface area contributed by atoms with Gasteiger partial charge in [0.15, 0.2) is 0 Å². The fourth-order valence-corrected chi connectivity index (χ4v) is 3.60. The maximum atomic E-state index is 12.8. The average molecular weight is 344 g/mol. The number of benzene rings is 1. The van der Waals surface area contributed by atoms with Crippen LogP contribution < -0.4 is 5.32 Å². The summed E-state index contributed by atoms with van der Waals surface area (Å²) in [4.78, 5) is 18.5. The molecule has 1 fully saturated rings. The highest BCUT2D eigenvalue weighted by Gasteiger charge is 2.43. The van der Waals surface area contributed by atoms with Crippen LogP contribution in [0.1, 0.15) is 50.2 Å². The number of rotatable bonds is 6. The molecule has 2 aliphatic heterocycles. The van der Waals surface area contributed by atoms with Crippen LogP contribution in [-0.2, 0) is 14.4 Å². The summed E-state index contributed by atoms with van der Waals surface area (Å²) in [5.41, 5.74) is 2.91. The van der Waals surface area contributed by atoms with Crippen molar-refractivity contribution in [1.29, 1.82) is 0 Å². The smallest absolute Gasteiger partial charge is 0.226 e. The molecule has 0 saturated carbocycles. The van der Waals surface area contributed by atoms with Gasteiger partial charge in [0.2, 0.25) is 5.91 Å². The monoisotopic (exact) mass is 344 g/mol. The van der Waals surface area contributed by atoms with Crippen molar-refractivity contribution < 1.29 is 14.4 Å². The lowest BCUT2D eigenvalue weighted by Crippen LogP contribution is -2.46. The molecule has 5 nitrogen and oxygen atoms in total. The van der Waals surface area contributed by atoms with Gasteiger partial charge in [0, 0.05) is 32.6 Å². The van der Waals surface area contributed by atoms with Crippen molar-refractivity contribution in [2.45, 2.75) is 52.1 Å². The molecular formula is C20H28N2O3. The second-order valence-corrected chi connectivity index (χ2v) is 7.19. The van der Waals surface area contributed by atoms with E-state index in [9.17, 15) is 4.79 Å². The van der Waals surface area contributed by atoms with E-state index in [-0.39, 0.29) is 12.0 Å². The van der Waals surface area contributed by atoms with Crippen LogP contribution in [-0.4, -0.2) is 37.5 Å². The van der Waals surface area contributed by atoms with E-state index in [0.717, 1.165) is 43.5 Å². The molecule has 0 radical (unpaired) electrons. The number of nitrogens with one attached hydrogen (secondary N) is 1. The molecule has 1 aromatic rings. The Labute approximate surface area is 149 Å². The lowest BCUT2D eigenvalue weighted by molar-refractivity contribution is -0.140. The Balaban J connectivity index is 1.65. The molecule has 136 valence electrons. The van der Waals surface area contributed by atoms with Crippen LogP contribution in [0.3, 0.4) is 0 Å². The van der Waals surface area contributed by atoms with Crippen molar-refractivity contribution >= 4 is 11.6 Å². The number of nitrogens with zero attached hydrogens (tertiary/aromatic N) is 1. The Morgan fingerprint density at radius 3 is 2.68 bits per heavy atom. The zero-order valence-electron chi connectivity index (χ0n) is 15.2. The van der Waals surface area contributed by atoms with Gasteiger partial charge in [-0.3, -0.25) is 4.79 Å². The first-order valence-electron chi connectivity index (χ1n) is 9.29.